The van der Waals surface area contributed by atoms with E-state index in [2.05, 4.69) is 36.2 Å². The first-order chi connectivity index (χ1) is 16.4. The number of hydrogen-bond donors (Lipinski definition) is 2. The quantitative estimate of drug-likeness (QED) is 0.177. The van der Waals surface area contributed by atoms with Gasteiger partial charge in [0.05, 0.1) is 12.0 Å². The molecule has 1 aromatic rings. The minimum atomic E-state index is -1.31. The minimum absolute atomic E-state index is 0. The molecule has 1 aliphatic carbocycles. The molecule has 13 heteroatoms. The summed E-state index contributed by atoms with van der Waals surface area (Å²) in [5, 5.41) is 20.0. The van der Waals surface area contributed by atoms with Crippen molar-refractivity contribution < 1.29 is 53.9 Å². The molecule has 2 saturated heterocycles. The zero-order chi connectivity index (χ0) is 25.7. The first-order valence-electron chi connectivity index (χ1n) is 11.9. The Kier molecular flexibility index (Phi) is 9.08. The number of fused-ring (bicyclic) bond motifs is 1. The first kappa shape index (κ1) is 29.2. The van der Waals surface area contributed by atoms with Crippen LogP contribution in [0.25, 0.3) is 0 Å². The van der Waals surface area contributed by atoms with Crippen LogP contribution in [0.15, 0.2) is 10.5 Å². The third-order valence-electron chi connectivity index (χ3n) is 7.17. The van der Waals surface area contributed by atoms with E-state index in [-0.39, 0.29) is 52.2 Å². The van der Waals surface area contributed by atoms with Crippen molar-refractivity contribution in [3.8, 4) is 0 Å². The number of thioether (sulfide) groups is 1. The molecule has 0 unspecified atom stereocenters. The Labute approximate surface area is 241 Å². The van der Waals surface area contributed by atoms with E-state index in [1.54, 1.807) is 19.2 Å². The van der Waals surface area contributed by atoms with Crippen molar-refractivity contribution in [2.45, 2.75) is 82.2 Å². The summed E-state index contributed by atoms with van der Waals surface area (Å²) in [6.07, 6.45) is 2.87. The van der Waals surface area contributed by atoms with Gasteiger partial charge < -0.3 is 30.7 Å². The number of anilines is 1. The predicted molar refractivity (Wildman–Crippen MR) is 132 cm³/mol. The van der Waals surface area contributed by atoms with E-state index in [1.165, 1.54) is 28.0 Å². The normalized spacial score (nSPS) is 31.3. The van der Waals surface area contributed by atoms with Gasteiger partial charge in [0.1, 0.15) is 23.2 Å². The predicted octanol–water partition coefficient (Wildman–Crippen LogP) is -1.79. The zero-order valence-electron chi connectivity index (χ0n) is 21.5. The Balaban J connectivity index is 0.00000361. The number of nitrogens with two attached hydrogens (primary N) is 1. The van der Waals surface area contributed by atoms with Gasteiger partial charge in [0.15, 0.2) is 10.8 Å². The van der Waals surface area contributed by atoms with Gasteiger partial charge in [0, 0.05) is 16.0 Å². The summed E-state index contributed by atoms with van der Waals surface area (Å²) in [4.78, 5) is 49.2. The maximum absolute atomic E-state index is 13.3. The summed E-state index contributed by atoms with van der Waals surface area (Å²) in [5.74, 6) is -1.16. The monoisotopic (exact) mass is 545 g/mol. The number of aromatic nitrogens is 1. The Morgan fingerprint density at radius 3 is 2.64 bits per heavy atom. The Morgan fingerprint density at radius 1 is 1.36 bits per heavy atom. The average molecular weight is 546 g/mol. The number of β-lactam (4-membered cyclic amide) rings is 1. The Morgan fingerprint density at radius 2 is 2.06 bits per heavy atom. The zero-order valence-corrected chi connectivity index (χ0v) is 25.1. The second-order valence-corrected chi connectivity index (χ2v) is 13.2. The number of thiazole rings is 1. The van der Waals surface area contributed by atoms with Crippen molar-refractivity contribution in [2.75, 3.05) is 5.73 Å². The fourth-order valence-electron chi connectivity index (χ4n) is 5.29. The molecular weight excluding hydrogens is 513 g/mol. The van der Waals surface area contributed by atoms with Crippen LogP contribution >= 0.6 is 23.1 Å². The molecule has 192 valence electrons. The molecule has 0 spiro atoms. The maximum Gasteiger partial charge on any atom is 1.00 e. The number of oxime groups is 1. The van der Waals surface area contributed by atoms with Crippen molar-refractivity contribution in [1.82, 2.24) is 15.2 Å². The number of carboxylic acids is 1. The van der Waals surface area contributed by atoms with Crippen LogP contribution in [0.3, 0.4) is 0 Å². The van der Waals surface area contributed by atoms with Crippen LogP contribution in [0.4, 0.5) is 5.13 Å². The van der Waals surface area contributed by atoms with Gasteiger partial charge >= 0.3 is 29.6 Å². The number of nitrogens with zero attached hydrogens (tertiary/aromatic N) is 3. The van der Waals surface area contributed by atoms with E-state index >= 15 is 0 Å². The molecule has 6 atom stereocenters. The summed E-state index contributed by atoms with van der Waals surface area (Å²) in [6.45, 7) is 9.99. The van der Waals surface area contributed by atoms with E-state index in [1.807, 2.05) is 0 Å². The third kappa shape index (κ3) is 5.57. The van der Waals surface area contributed by atoms with E-state index in [4.69, 9.17) is 10.6 Å². The Bertz CT molecular complexity index is 1050. The number of amides is 2. The van der Waals surface area contributed by atoms with Gasteiger partial charge in [-0.3, -0.25) is 9.59 Å². The van der Waals surface area contributed by atoms with Crippen LogP contribution < -0.4 is 45.7 Å². The van der Waals surface area contributed by atoms with Gasteiger partial charge in [-0.2, -0.15) is 0 Å². The number of hydrogen-bond acceptors (Lipinski definition) is 10. The fourth-order valence-corrected chi connectivity index (χ4v) is 7.46. The van der Waals surface area contributed by atoms with E-state index < -0.39 is 40.0 Å². The summed E-state index contributed by atoms with van der Waals surface area (Å²) in [6, 6.07) is -1.94. The molecule has 1 aromatic heterocycles. The van der Waals surface area contributed by atoms with Gasteiger partial charge in [0.2, 0.25) is 5.91 Å². The molecule has 3 N–H and O–H groups in total. The van der Waals surface area contributed by atoms with Gasteiger partial charge in [-0.05, 0) is 38.5 Å². The minimum Gasteiger partial charge on any atom is -0.548 e. The molecule has 10 nitrogen and oxygen atoms in total. The second kappa shape index (κ2) is 11.2. The largest absolute Gasteiger partial charge is 1.00 e. The molecule has 3 heterocycles. The first-order valence-corrected chi connectivity index (χ1v) is 13.6. The number of aliphatic carboxylic acids is 1. The molecule has 1 saturated carbocycles. The van der Waals surface area contributed by atoms with Gasteiger partial charge in [-0.15, -0.1) is 23.1 Å². The van der Waals surface area contributed by atoms with Crippen LogP contribution in [0.5, 0.6) is 0 Å². The van der Waals surface area contributed by atoms with Crippen LogP contribution in [-0.4, -0.2) is 61.7 Å². The van der Waals surface area contributed by atoms with Gasteiger partial charge in [-0.1, -0.05) is 32.3 Å². The van der Waals surface area contributed by atoms with Crippen LogP contribution in [-0.2, 0) is 19.2 Å². The van der Waals surface area contributed by atoms with Crippen LogP contribution in [0.2, 0.25) is 0 Å². The van der Waals surface area contributed by atoms with Crippen molar-refractivity contribution in [1.29, 1.82) is 0 Å². The molecule has 3 fully saturated rings. The van der Waals surface area contributed by atoms with E-state index in [9.17, 15) is 19.5 Å². The summed E-state index contributed by atoms with van der Waals surface area (Å²) < 4.78 is -0.744. The number of carboxylic acid groups (broad SMARTS) is 1. The van der Waals surface area contributed by atoms with Crippen molar-refractivity contribution in [3.63, 3.8) is 0 Å². The molecule has 0 radical (unpaired) electrons. The molecule has 2 aliphatic heterocycles. The summed E-state index contributed by atoms with van der Waals surface area (Å²) in [7, 11) is 0. The molecule has 4 rings (SSSR count). The number of carbonyl (C=O) groups is 3. The van der Waals surface area contributed by atoms with Gasteiger partial charge in [0.25, 0.3) is 5.91 Å². The average Bonchev–Trinajstić information content (AvgIpc) is 3.30. The van der Waals surface area contributed by atoms with Crippen molar-refractivity contribution >= 4 is 51.7 Å². The van der Waals surface area contributed by atoms with Crippen LogP contribution in [0, 0.1) is 17.8 Å². The number of carbonyl (C=O) groups excluding carboxylic acids is 3. The van der Waals surface area contributed by atoms with Gasteiger partial charge in [-0.25, -0.2) is 4.98 Å². The molecule has 3 aliphatic rings. The number of nitrogen functional groups attached to an aromatic ring is 1. The topological polar surface area (TPSA) is 150 Å². The Hall–Kier alpha value is -1.34. The van der Waals surface area contributed by atoms with E-state index in [0.29, 0.717) is 17.8 Å². The maximum atomic E-state index is 13.3. The number of nitrogens with one attached hydrogen (secondary N) is 1. The SMILES string of the molecule is CC(C)[C@H]1CC[C@H](C)C[C@H]1O/N=C(\C(=O)N[C@H]1C(=O)N2[C@@H]1SC(C)(C)[C@@H]2C(=O)[O-])c1csc(N)n1.[Na+]. The van der Waals surface area contributed by atoms with Crippen LogP contribution in [0.1, 0.15) is 59.6 Å². The van der Waals surface area contributed by atoms with Crippen molar-refractivity contribution in [3.05, 3.63) is 11.1 Å². The smallest absolute Gasteiger partial charge is 0.548 e. The summed E-state index contributed by atoms with van der Waals surface area (Å²) in [5.41, 5.74) is 6.01. The summed E-state index contributed by atoms with van der Waals surface area (Å²) >= 11 is 2.50. The molecule has 0 bridgehead atoms. The standard InChI is InChI=1S/C23H33N5O5S2.Na/c1-10(2)12-7-6-11(3)8-14(12)33-27-15(13-9-34-22(24)25-13)18(29)26-16-19(30)28-17(21(31)32)23(4,5)35-20(16)28;/h9-12,14,16-17,20H,6-8H2,1-5H3,(H2,24,25)(H,26,29)(H,31,32);/q;+1/p-1/b27-15-;/t11-,12+,14+,16-,17-,20+;/m0./s1. The molecule has 0 aromatic carbocycles. The molecule has 36 heavy (non-hydrogen) atoms. The molecule has 2 amide bonds. The number of rotatable bonds is 7. The second-order valence-electron chi connectivity index (χ2n) is 10.5. The van der Waals surface area contributed by atoms with Crippen molar-refractivity contribution in [2.24, 2.45) is 22.9 Å². The fraction of sp³-hybridized carbons (Fsp3) is 0.696. The van der Waals surface area contributed by atoms with E-state index in [0.717, 1.165) is 19.3 Å². The molecular formula is C23H32N5NaO5S2. The third-order valence-corrected chi connectivity index (χ3v) is 9.42.